The van der Waals surface area contributed by atoms with E-state index in [0.717, 1.165) is 30.9 Å². The van der Waals surface area contributed by atoms with Gasteiger partial charge in [-0.2, -0.15) is 0 Å². The van der Waals surface area contributed by atoms with Gasteiger partial charge in [0.2, 0.25) is 0 Å². The number of aromatic amines is 1. The van der Waals surface area contributed by atoms with Crippen LogP contribution in [0.3, 0.4) is 0 Å². The number of hydrogen-bond donors (Lipinski definition) is 1. The second kappa shape index (κ2) is 2.48. The largest absolute Gasteiger partial charge is 0.298 e. The van der Waals surface area contributed by atoms with Gasteiger partial charge in [0.1, 0.15) is 0 Å². The minimum Gasteiger partial charge on any atom is -0.298 e. The van der Waals surface area contributed by atoms with Crippen molar-refractivity contribution in [2.75, 3.05) is 7.05 Å². The van der Waals surface area contributed by atoms with Crippen LogP contribution in [0.4, 0.5) is 0 Å². The van der Waals surface area contributed by atoms with Crippen molar-refractivity contribution in [1.82, 2.24) is 14.7 Å². The van der Waals surface area contributed by atoms with Crippen molar-refractivity contribution >= 4 is 0 Å². The summed E-state index contributed by atoms with van der Waals surface area (Å²) in [6.45, 7) is 4.36. The van der Waals surface area contributed by atoms with Gasteiger partial charge in [-0.15, -0.1) is 0 Å². The van der Waals surface area contributed by atoms with E-state index in [1.54, 1.807) is 4.68 Å². The second-order valence-electron chi connectivity index (χ2n) is 3.29. The van der Waals surface area contributed by atoms with Gasteiger partial charge < -0.3 is 0 Å². The summed E-state index contributed by atoms with van der Waals surface area (Å²) >= 11 is 0. The molecule has 0 unspecified atom stereocenters. The molecule has 0 atom stereocenters. The summed E-state index contributed by atoms with van der Waals surface area (Å²) < 4.78 is 1.66. The van der Waals surface area contributed by atoms with Gasteiger partial charge in [0.25, 0.3) is 5.56 Å². The summed E-state index contributed by atoms with van der Waals surface area (Å²) in [5, 5.41) is 3.10. The first-order valence-electron chi connectivity index (χ1n) is 4.21. The van der Waals surface area contributed by atoms with E-state index in [1.165, 1.54) is 0 Å². The summed E-state index contributed by atoms with van der Waals surface area (Å²) in [6, 6.07) is 0. The van der Waals surface area contributed by atoms with E-state index < -0.39 is 0 Å². The molecule has 0 bridgehead atoms. The molecule has 0 aliphatic carbocycles. The van der Waals surface area contributed by atoms with Gasteiger partial charge in [-0.25, -0.2) is 0 Å². The Labute approximate surface area is 70.8 Å². The van der Waals surface area contributed by atoms with Crippen LogP contribution in [0.25, 0.3) is 0 Å². The molecular formula is C8H13N3O. The zero-order valence-electron chi connectivity index (χ0n) is 7.42. The molecular weight excluding hydrogens is 154 g/mol. The topological polar surface area (TPSA) is 41.0 Å². The van der Waals surface area contributed by atoms with Crippen LogP contribution in [-0.2, 0) is 19.6 Å². The van der Waals surface area contributed by atoms with Crippen LogP contribution in [0, 0.1) is 0 Å². The van der Waals surface area contributed by atoms with Crippen LogP contribution in [0.2, 0.25) is 0 Å². The maximum atomic E-state index is 11.5. The third-order valence-electron chi connectivity index (χ3n) is 2.31. The molecule has 2 rings (SSSR count). The van der Waals surface area contributed by atoms with Crippen LogP contribution in [0.5, 0.6) is 0 Å². The van der Waals surface area contributed by atoms with Crippen molar-refractivity contribution in [1.29, 1.82) is 0 Å². The summed E-state index contributed by atoms with van der Waals surface area (Å²) in [5.41, 5.74) is 2.18. The first-order valence-corrected chi connectivity index (χ1v) is 4.21. The molecule has 12 heavy (non-hydrogen) atoms. The zero-order chi connectivity index (χ0) is 8.72. The summed E-state index contributed by atoms with van der Waals surface area (Å²) in [6.07, 6.45) is 0. The average Bonchev–Trinajstić information content (AvgIpc) is 2.51. The van der Waals surface area contributed by atoms with Gasteiger partial charge in [-0.3, -0.25) is 19.5 Å². The molecule has 0 saturated carbocycles. The van der Waals surface area contributed by atoms with Gasteiger partial charge in [0.15, 0.2) is 0 Å². The van der Waals surface area contributed by atoms with E-state index >= 15 is 0 Å². The van der Waals surface area contributed by atoms with Crippen LogP contribution in [0.15, 0.2) is 4.79 Å². The Hall–Kier alpha value is -1.03. The van der Waals surface area contributed by atoms with E-state index in [2.05, 4.69) is 10.00 Å². The molecule has 0 fully saturated rings. The molecule has 0 radical (unpaired) electrons. The lowest BCUT2D eigenvalue weighted by Crippen LogP contribution is -2.21. The Balaban J connectivity index is 2.49. The highest BCUT2D eigenvalue weighted by Gasteiger charge is 2.21. The standard InChI is InChI=1S/C8H13N3O/c1-3-11-8(12)6-4-10(2)5-7(6)9-11/h9H,3-5H2,1-2H3. The summed E-state index contributed by atoms with van der Waals surface area (Å²) in [7, 11) is 2.02. The number of hydrogen-bond acceptors (Lipinski definition) is 2. The molecule has 0 saturated heterocycles. The Bertz CT molecular complexity index is 350. The first-order chi connectivity index (χ1) is 5.72. The van der Waals surface area contributed by atoms with Crippen LogP contribution >= 0.6 is 0 Å². The monoisotopic (exact) mass is 167 g/mol. The van der Waals surface area contributed by atoms with E-state index in [4.69, 9.17) is 0 Å². The fraction of sp³-hybridized carbons (Fsp3) is 0.625. The molecule has 1 aromatic heterocycles. The second-order valence-corrected chi connectivity index (χ2v) is 3.29. The normalized spacial score (nSPS) is 16.8. The lowest BCUT2D eigenvalue weighted by molar-refractivity contribution is 0.344. The van der Waals surface area contributed by atoms with Crippen LogP contribution in [-0.4, -0.2) is 21.7 Å². The molecule has 4 heteroatoms. The number of H-pyrrole nitrogens is 1. The van der Waals surface area contributed by atoms with Crippen molar-refractivity contribution in [3.05, 3.63) is 21.6 Å². The molecule has 1 aromatic rings. The Morgan fingerprint density at radius 3 is 2.83 bits per heavy atom. The highest BCUT2D eigenvalue weighted by molar-refractivity contribution is 5.21. The number of aromatic nitrogens is 2. The van der Waals surface area contributed by atoms with E-state index in [0.29, 0.717) is 0 Å². The van der Waals surface area contributed by atoms with Gasteiger partial charge in [0.05, 0.1) is 11.3 Å². The lowest BCUT2D eigenvalue weighted by atomic mass is 10.3. The van der Waals surface area contributed by atoms with Crippen LogP contribution < -0.4 is 5.56 Å². The zero-order valence-corrected chi connectivity index (χ0v) is 7.42. The van der Waals surface area contributed by atoms with Crippen molar-refractivity contribution in [2.24, 2.45) is 0 Å². The molecule has 0 spiro atoms. The molecule has 1 N–H and O–H groups in total. The molecule has 1 aliphatic heterocycles. The van der Waals surface area contributed by atoms with Crippen molar-refractivity contribution in [3.8, 4) is 0 Å². The molecule has 2 heterocycles. The van der Waals surface area contributed by atoms with Crippen LogP contribution in [0.1, 0.15) is 18.2 Å². The van der Waals surface area contributed by atoms with Gasteiger partial charge in [0, 0.05) is 19.6 Å². The quantitative estimate of drug-likeness (QED) is 0.646. The minimum atomic E-state index is 0.150. The molecule has 4 nitrogen and oxygen atoms in total. The van der Waals surface area contributed by atoms with E-state index in [-0.39, 0.29) is 5.56 Å². The number of fused-ring (bicyclic) bond motifs is 1. The Morgan fingerprint density at radius 1 is 1.50 bits per heavy atom. The highest BCUT2D eigenvalue weighted by atomic mass is 16.1. The molecule has 1 aliphatic rings. The fourth-order valence-electron chi connectivity index (χ4n) is 1.69. The highest BCUT2D eigenvalue weighted by Crippen LogP contribution is 2.14. The third-order valence-corrected chi connectivity index (χ3v) is 2.31. The predicted molar refractivity (Wildman–Crippen MR) is 45.9 cm³/mol. The number of nitrogens with zero attached hydrogens (tertiary/aromatic N) is 2. The maximum Gasteiger partial charge on any atom is 0.271 e. The van der Waals surface area contributed by atoms with E-state index in [9.17, 15) is 4.79 Å². The Morgan fingerprint density at radius 2 is 2.25 bits per heavy atom. The number of aryl methyl sites for hydroxylation is 1. The SMILES string of the molecule is CCn1[nH]c2c(c1=O)CN(C)C2. The predicted octanol–water partition coefficient (Wildman–Crippen LogP) is 0.142. The smallest absolute Gasteiger partial charge is 0.271 e. The molecule has 0 amide bonds. The van der Waals surface area contributed by atoms with Crippen molar-refractivity contribution < 1.29 is 0 Å². The van der Waals surface area contributed by atoms with Crippen molar-refractivity contribution in [3.63, 3.8) is 0 Å². The minimum absolute atomic E-state index is 0.150. The first kappa shape index (κ1) is 7.61. The maximum absolute atomic E-state index is 11.5. The third kappa shape index (κ3) is 0.914. The van der Waals surface area contributed by atoms with E-state index in [1.807, 2.05) is 14.0 Å². The van der Waals surface area contributed by atoms with Gasteiger partial charge in [-0.05, 0) is 14.0 Å². The Kier molecular flexibility index (Phi) is 1.58. The summed E-state index contributed by atoms with van der Waals surface area (Å²) in [5.74, 6) is 0. The number of rotatable bonds is 1. The van der Waals surface area contributed by atoms with Crippen molar-refractivity contribution in [2.45, 2.75) is 26.6 Å². The molecule has 0 aromatic carbocycles. The number of nitrogens with one attached hydrogen (secondary N) is 1. The molecule has 66 valence electrons. The summed E-state index contributed by atoms with van der Waals surface area (Å²) in [4.78, 5) is 13.7. The van der Waals surface area contributed by atoms with Gasteiger partial charge in [-0.1, -0.05) is 0 Å². The van der Waals surface area contributed by atoms with Gasteiger partial charge >= 0.3 is 0 Å². The lowest BCUT2D eigenvalue weighted by Gasteiger charge is -2.05. The average molecular weight is 167 g/mol. The fourth-order valence-corrected chi connectivity index (χ4v) is 1.69.